The van der Waals surface area contributed by atoms with Crippen molar-refractivity contribution in [3.05, 3.63) is 35.8 Å². The average Bonchev–Trinajstić information content (AvgIpc) is 2.81. The summed E-state index contributed by atoms with van der Waals surface area (Å²) in [5.41, 5.74) is -1.06. The van der Waals surface area contributed by atoms with Crippen molar-refractivity contribution >= 4 is 5.82 Å². The van der Waals surface area contributed by atoms with Crippen molar-refractivity contribution < 1.29 is 17.6 Å². The molecule has 0 spiro atoms. The van der Waals surface area contributed by atoms with Crippen LogP contribution in [0.5, 0.6) is 0 Å². The molecule has 1 N–H and O–H groups in total. The zero-order valence-electron chi connectivity index (χ0n) is 10.4. The molecule has 9 heteroatoms. The predicted octanol–water partition coefficient (Wildman–Crippen LogP) is 2.46. The molecule has 0 bridgehead atoms. The second kappa shape index (κ2) is 5.43. The molecule has 2 aromatic rings. The van der Waals surface area contributed by atoms with Crippen LogP contribution in [-0.4, -0.2) is 19.7 Å². The molecule has 0 atom stereocenters. The van der Waals surface area contributed by atoms with Gasteiger partial charge in [-0.1, -0.05) is 0 Å². The zero-order chi connectivity index (χ0) is 14.8. The van der Waals surface area contributed by atoms with Gasteiger partial charge in [0.25, 0.3) is 0 Å². The standard InChI is InChI=1S/C11H11F4N5/c1-2-20-5-7(9(19-20)11(13,14)15)3-17-10-8(12)4-16-6-18-10/h4-6H,2-3H2,1H3,(H,16,17,18). The molecule has 0 unspecified atom stereocenters. The smallest absolute Gasteiger partial charge is 0.363 e. The summed E-state index contributed by atoms with van der Waals surface area (Å²) in [5, 5.41) is 5.96. The fourth-order valence-corrected chi connectivity index (χ4v) is 1.61. The molecule has 2 heterocycles. The number of aromatic nitrogens is 4. The molecule has 2 rings (SSSR count). The van der Waals surface area contributed by atoms with Gasteiger partial charge in [-0.3, -0.25) is 4.68 Å². The van der Waals surface area contributed by atoms with Crippen molar-refractivity contribution in [3.63, 3.8) is 0 Å². The lowest BCUT2D eigenvalue weighted by Crippen LogP contribution is -2.12. The van der Waals surface area contributed by atoms with E-state index < -0.39 is 17.7 Å². The van der Waals surface area contributed by atoms with Gasteiger partial charge in [0.05, 0.1) is 6.20 Å². The molecule has 0 amide bonds. The Morgan fingerprint density at radius 2 is 2.10 bits per heavy atom. The number of anilines is 1. The van der Waals surface area contributed by atoms with Gasteiger partial charge in [-0.05, 0) is 6.92 Å². The van der Waals surface area contributed by atoms with E-state index >= 15 is 0 Å². The molecule has 5 nitrogen and oxygen atoms in total. The molecule has 0 saturated heterocycles. The molecule has 0 radical (unpaired) electrons. The predicted molar refractivity (Wildman–Crippen MR) is 62.2 cm³/mol. The fourth-order valence-electron chi connectivity index (χ4n) is 1.61. The number of rotatable bonds is 4. The minimum atomic E-state index is -4.55. The summed E-state index contributed by atoms with van der Waals surface area (Å²) in [7, 11) is 0. The molecule has 0 aliphatic heterocycles. The van der Waals surface area contributed by atoms with E-state index in [9.17, 15) is 17.6 Å². The molecule has 0 aliphatic carbocycles. The average molecular weight is 289 g/mol. The number of hydrogen-bond donors (Lipinski definition) is 1. The number of halogens is 4. The van der Waals surface area contributed by atoms with Crippen molar-refractivity contribution in [2.24, 2.45) is 0 Å². The number of aryl methyl sites for hydroxylation is 1. The summed E-state index contributed by atoms with van der Waals surface area (Å²) in [5.74, 6) is -0.888. The summed E-state index contributed by atoms with van der Waals surface area (Å²) < 4.78 is 52.8. The lowest BCUT2D eigenvalue weighted by molar-refractivity contribution is -0.142. The molecular formula is C11H11F4N5. The first-order valence-corrected chi connectivity index (χ1v) is 5.74. The lowest BCUT2D eigenvalue weighted by Gasteiger charge is -2.08. The number of nitrogens with one attached hydrogen (secondary N) is 1. The van der Waals surface area contributed by atoms with Crippen LogP contribution >= 0.6 is 0 Å². The van der Waals surface area contributed by atoms with Gasteiger partial charge in [-0.15, -0.1) is 0 Å². The second-order valence-electron chi connectivity index (χ2n) is 3.93. The van der Waals surface area contributed by atoms with Gasteiger partial charge in [0, 0.05) is 24.8 Å². The highest BCUT2D eigenvalue weighted by atomic mass is 19.4. The normalized spacial score (nSPS) is 11.7. The summed E-state index contributed by atoms with van der Waals surface area (Å²) in [6, 6.07) is 0. The summed E-state index contributed by atoms with van der Waals surface area (Å²) in [4.78, 5) is 7.06. The van der Waals surface area contributed by atoms with E-state index in [-0.39, 0.29) is 17.9 Å². The molecule has 108 valence electrons. The van der Waals surface area contributed by atoms with Crippen LogP contribution in [0.15, 0.2) is 18.7 Å². The minimum Gasteiger partial charge on any atom is -0.363 e. The Morgan fingerprint density at radius 3 is 2.70 bits per heavy atom. The van der Waals surface area contributed by atoms with Gasteiger partial charge >= 0.3 is 6.18 Å². The lowest BCUT2D eigenvalue weighted by atomic mass is 10.2. The molecule has 2 aromatic heterocycles. The first-order chi connectivity index (χ1) is 9.41. The van der Waals surface area contributed by atoms with Gasteiger partial charge in [0.15, 0.2) is 17.3 Å². The van der Waals surface area contributed by atoms with Crippen molar-refractivity contribution in [2.45, 2.75) is 26.2 Å². The molecular weight excluding hydrogens is 278 g/mol. The van der Waals surface area contributed by atoms with E-state index in [2.05, 4.69) is 20.4 Å². The van der Waals surface area contributed by atoms with Crippen LogP contribution in [0.1, 0.15) is 18.2 Å². The van der Waals surface area contributed by atoms with Gasteiger partial charge in [-0.25, -0.2) is 14.4 Å². The van der Waals surface area contributed by atoms with E-state index in [1.165, 1.54) is 10.9 Å². The third kappa shape index (κ3) is 3.03. The SMILES string of the molecule is CCn1cc(CNc2ncncc2F)c(C(F)(F)F)n1. The maximum Gasteiger partial charge on any atom is 0.435 e. The minimum absolute atomic E-state index is 0.0719. The van der Waals surface area contributed by atoms with Crippen molar-refractivity contribution in [1.82, 2.24) is 19.7 Å². The molecule has 0 fully saturated rings. The molecule has 0 aliphatic rings. The number of hydrogen-bond acceptors (Lipinski definition) is 4. The van der Waals surface area contributed by atoms with Crippen molar-refractivity contribution in [3.8, 4) is 0 Å². The zero-order valence-corrected chi connectivity index (χ0v) is 10.4. The monoisotopic (exact) mass is 289 g/mol. The maximum absolute atomic E-state index is 13.3. The highest BCUT2D eigenvalue weighted by molar-refractivity contribution is 5.36. The Balaban J connectivity index is 2.21. The van der Waals surface area contributed by atoms with Crippen LogP contribution in [0, 0.1) is 5.82 Å². The summed E-state index contributed by atoms with van der Waals surface area (Å²) >= 11 is 0. The van der Waals surface area contributed by atoms with Crippen LogP contribution in [0.4, 0.5) is 23.4 Å². The largest absolute Gasteiger partial charge is 0.435 e. The van der Waals surface area contributed by atoms with E-state index in [4.69, 9.17) is 0 Å². The van der Waals surface area contributed by atoms with E-state index in [0.29, 0.717) is 6.54 Å². The van der Waals surface area contributed by atoms with Gasteiger partial charge in [0.2, 0.25) is 0 Å². The quantitative estimate of drug-likeness (QED) is 0.878. The topological polar surface area (TPSA) is 55.6 Å². The Hall–Kier alpha value is -2.19. The third-order valence-corrected chi connectivity index (χ3v) is 2.54. The number of alkyl halides is 3. The first kappa shape index (κ1) is 14.2. The molecule has 20 heavy (non-hydrogen) atoms. The van der Waals surface area contributed by atoms with E-state index in [1.807, 2.05) is 0 Å². The molecule has 0 saturated carbocycles. The maximum atomic E-state index is 13.3. The summed E-state index contributed by atoms with van der Waals surface area (Å²) in [6.45, 7) is 1.75. The Labute approximate surface area is 111 Å². The summed E-state index contributed by atoms with van der Waals surface area (Å²) in [6.07, 6.45) is -1.25. The van der Waals surface area contributed by atoms with Crippen molar-refractivity contribution in [1.29, 1.82) is 0 Å². The van der Waals surface area contributed by atoms with Crippen LogP contribution in [0.25, 0.3) is 0 Å². The molecule has 0 aromatic carbocycles. The fraction of sp³-hybridized carbons (Fsp3) is 0.364. The van der Waals surface area contributed by atoms with Gasteiger partial charge in [0.1, 0.15) is 6.33 Å². The van der Waals surface area contributed by atoms with Crippen LogP contribution in [0.2, 0.25) is 0 Å². The Bertz CT molecular complexity index is 593. The highest BCUT2D eigenvalue weighted by Gasteiger charge is 2.36. The van der Waals surface area contributed by atoms with Gasteiger partial charge < -0.3 is 5.32 Å². The van der Waals surface area contributed by atoms with E-state index in [0.717, 1.165) is 12.5 Å². The van der Waals surface area contributed by atoms with E-state index in [1.54, 1.807) is 6.92 Å². The second-order valence-corrected chi connectivity index (χ2v) is 3.93. The Morgan fingerprint density at radius 1 is 1.35 bits per heavy atom. The van der Waals surface area contributed by atoms with Crippen LogP contribution < -0.4 is 5.32 Å². The van der Waals surface area contributed by atoms with Crippen molar-refractivity contribution in [2.75, 3.05) is 5.32 Å². The van der Waals surface area contributed by atoms with Gasteiger partial charge in [-0.2, -0.15) is 18.3 Å². The first-order valence-electron chi connectivity index (χ1n) is 5.74. The third-order valence-electron chi connectivity index (χ3n) is 2.54. The Kier molecular flexibility index (Phi) is 3.86. The highest BCUT2D eigenvalue weighted by Crippen LogP contribution is 2.31. The number of nitrogens with zero attached hydrogens (tertiary/aromatic N) is 4. The van der Waals surface area contributed by atoms with Crippen LogP contribution in [-0.2, 0) is 19.3 Å². The van der Waals surface area contributed by atoms with Crippen LogP contribution in [0.3, 0.4) is 0 Å².